The summed E-state index contributed by atoms with van der Waals surface area (Å²) in [5.74, 6) is 1.000. The summed E-state index contributed by atoms with van der Waals surface area (Å²) in [5, 5.41) is 0.930. The first kappa shape index (κ1) is 11.7. The Kier molecular flexibility index (Phi) is 4.59. The largest absolute Gasteiger partial charge is 0.207 e. The third-order valence-electron chi connectivity index (χ3n) is 2.58. The summed E-state index contributed by atoms with van der Waals surface area (Å²) in [7, 11) is 0. The molecule has 0 aliphatic carbocycles. The first-order valence-corrected chi connectivity index (χ1v) is 6.06. The molecule has 0 spiro atoms. The normalized spacial score (nSPS) is 13.2. The fourth-order valence-corrected chi connectivity index (χ4v) is 2.39. The van der Waals surface area contributed by atoms with Crippen LogP contribution in [-0.2, 0) is 6.42 Å². The quantitative estimate of drug-likeness (QED) is 0.716. The van der Waals surface area contributed by atoms with E-state index in [4.69, 9.17) is 0 Å². The van der Waals surface area contributed by atoms with Gasteiger partial charge in [-0.2, -0.15) is 0 Å². The van der Waals surface area contributed by atoms with Crippen molar-refractivity contribution >= 4 is 15.9 Å². The summed E-state index contributed by atoms with van der Waals surface area (Å²) in [6.45, 7) is 4.35. The van der Waals surface area contributed by atoms with Crippen LogP contribution in [-0.4, -0.2) is 5.33 Å². The number of benzene rings is 1. The molecule has 0 fully saturated rings. The maximum atomic E-state index is 13.3. The molecule has 0 aliphatic heterocycles. The third-order valence-corrected chi connectivity index (χ3v) is 3.41. The highest BCUT2D eigenvalue weighted by atomic mass is 79.9. The summed E-state index contributed by atoms with van der Waals surface area (Å²) in [4.78, 5) is 0. The lowest BCUT2D eigenvalue weighted by Crippen LogP contribution is -2.14. The number of alkyl halides is 1. The van der Waals surface area contributed by atoms with E-state index in [9.17, 15) is 4.39 Å². The van der Waals surface area contributed by atoms with E-state index in [1.54, 1.807) is 6.07 Å². The van der Waals surface area contributed by atoms with Crippen molar-refractivity contribution in [2.24, 2.45) is 11.8 Å². The molecule has 2 heteroatoms. The molecule has 1 aromatic carbocycles. The highest BCUT2D eigenvalue weighted by Gasteiger charge is 2.14. The van der Waals surface area contributed by atoms with E-state index in [2.05, 4.69) is 29.8 Å². The van der Waals surface area contributed by atoms with Gasteiger partial charge in [0, 0.05) is 5.33 Å². The van der Waals surface area contributed by atoms with Crippen molar-refractivity contribution in [2.45, 2.75) is 20.3 Å². The second-order valence-electron chi connectivity index (χ2n) is 3.95. The molecule has 0 saturated carbocycles. The molecular formula is C12H16BrF. The van der Waals surface area contributed by atoms with Gasteiger partial charge in [0.05, 0.1) is 0 Å². The number of hydrogen-bond donors (Lipinski definition) is 0. The van der Waals surface area contributed by atoms with Gasteiger partial charge in [-0.25, -0.2) is 4.39 Å². The van der Waals surface area contributed by atoms with Gasteiger partial charge in [0.25, 0.3) is 0 Å². The lowest BCUT2D eigenvalue weighted by molar-refractivity contribution is 0.420. The molecule has 1 unspecified atom stereocenters. The SMILES string of the molecule is CC(C)C(CBr)Cc1ccccc1F. The molecule has 0 saturated heterocycles. The van der Waals surface area contributed by atoms with Crippen LogP contribution in [0.1, 0.15) is 19.4 Å². The Labute approximate surface area is 93.7 Å². The Morgan fingerprint density at radius 2 is 1.93 bits per heavy atom. The van der Waals surface area contributed by atoms with Crippen LogP contribution in [0.2, 0.25) is 0 Å². The van der Waals surface area contributed by atoms with Crippen LogP contribution in [0.4, 0.5) is 4.39 Å². The summed E-state index contributed by atoms with van der Waals surface area (Å²) in [6.07, 6.45) is 0.815. The molecule has 1 aromatic rings. The van der Waals surface area contributed by atoms with Gasteiger partial charge in [0.2, 0.25) is 0 Å². The fraction of sp³-hybridized carbons (Fsp3) is 0.500. The molecule has 78 valence electrons. The van der Waals surface area contributed by atoms with Crippen LogP contribution in [0.5, 0.6) is 0 Å². The van der Waals surface area contributed by atoms with Gasteiger partial charge >= 0.3 is 0 Å². The topological polar surface area (TPSA) is 0 Å². The molecule has 0 bridgehead atoms. The van der Waals surface area contributed by atoms with Crippen molar-refractivity contribution in [3.63, 3.8) is 0 Å². The smallest absolute Gasteiger partial charge is 0.126 e. The minimum absolute atomic E-state index is 0.0842. The predicted molar refractivity (Wildman–Crippen MR) is 62.2 cm³/mol. The van der Waals surface area contributed by atoms with E-state index < -0.39 is 0 Å². The summed E-state index contributed by atoms with van der Waals surface area (Å²) in [5.41, 5.74) is 0.825. The predicted octanol–water partition coefficient (Wildman–Crippen LogP) is 4.04. The van der Waals surface area contributed by atoms with Crippen LogP contribution >= 0.6 is 15.9 Å². The first-order valence-electron chi connectivity index (χ1n) is 4.94. The number of hydrogen-bond acceptors (Lipinski definition) is 0. The molecule has 0 heterocycles. The minimum atomic E-state index is -0.0842. The van der Waals surface area contributed by atoms with Crippen molar-refractivity contribution in [3.05, 3.63) is 35.6 Å². The van der Waals surface area contributed by atoms with Gasteiger partial charge in [0.15, 0.2) is 0 Å². The van der Waals surface area contributed by atoms with Crippen molar-refractivity contribution in [2.75, 3.05) is 5.33 Å². The van der Waals surface area contributed by atoms with Crippen LogP contribution in [0.3, 0.4) is 0 Å². The van der Waals surface area contributed by atoms with E-state index in [0.717, 1.165) is 17.3 Å². The first-order chi connectivity index (χ1) is 6.65. The zero-order chi connectivity index (χ0) is 10.6. The van der Waals surface area contributed by atoms with Gasteiger partial charge in [-0.05, 0) is 29.9 Å². The van der Waals surface area contributed by atoms with Gasteiger partial charge < -0.3 is 0 Å². The highest BCUT2D eigenvalue weighted by Crippen LogP contribution is 2.20. The standard InChI is InChI=1S/C12H16BrF/c1-9(2)11(8-13)7-10-5-3-4-6-12(10)14/h3-6,9,11H,7-8H2,1-2H3. The van der Waals surface area contributed by atoms with Gasteiger partial charge in [0.1, 0.15) is 5.82 Å². The maximum Gasteiger partial charge on any atom is 0.126 e. The molecule has 1 atom stereocenters. The van der Waals surface area contributed by atoms with Crippen molar-refractivity contribution in [3.8, 4) is 0 Å². The summed E-state index contributed by atoms with van der Waals surface area (Å²) >= 11 is 3.48. The van der Waals surface area contributed by atoms with E-state index in [0.29, 0.717) is 11.8 Å². The van der Waals surface area contributed by atoms with Gasteiger partial charge in [-0.3, -0.25) is 0 Å². The number of halogens is 2. The molecular weight excluding hydrogens is 243 g/mol. The van der Waals surface area contributed by atoms with Crippen LogP contribution in [0, 0.1) is 17.7 Å². The maximum absolute atomic E-state index is 13.3. The molecule has 0 amide bonds. The second kappa shape index (κ2) is 5.50. The molecule has 0 aromatic heterocycles. The van der Waals surface area contributed by atoms with Crippen molar-refractivity contribution in [1.29, 1.82) is 0 Å². The molecule has 1 rings (SSSR count). The van der Waals surface area contributed by atoms with Crippen LogP contribution < -0.4 is 0 Å². The lowest BCUT2D eigenvalue weighted by Gasteiger charge is -2.18. The van der Waals surface area contributed by atoms with E-state index in [-0.39, 0.29) is 5.82 Å². The minimum Gasteiger partial charge on any atom is -0.207 e. The monoisotopic (exact) mass is 258 g/mol. The number of rotatable bonds is 4. The molecule has 0 radical (unpaired) electrons. The zero-order valence-corrected chi connectivity index (χ0v) is 10.2. The Morgan fingerprint density at radius 1 is 1.29 bits per heavy atom. The molecule has 0 N–H and O–H groups in total. The second-order valence-corrected chi connectivity index (χ2v) is 4.60. The fourth-order valence-electron chi connectivity index (χ4n) is 1.41. The van der Waals surface area contributed by atoms with Crippen LogP contribution in [0.15, 0.2) is 24.3 Å². The Bertz CT molecular complexity index is 283. The van der Waals surface area contributed by atoms with Gasteiger partial charge in [-0.15, -0.1) is 0 Å². The van der Waals surface area contributed by atoms with Crippen molar-refractivity contribution in [1.82, 2.24) is 0 Å². The van der Waals surface area contributed by atoms with Crippen molar-refractivity contribution < 1.29 is 4.39 Å². The van der Waals surface area contributed by atoms with Crippen LogP contribution in [0.25, 0.3) is 0 Å². The van der Waals surface area contributed by atoms with E-state index >= 15 is 0 Å². The third kappa shape index (κ3) is 3.09. The molecule has 14 heavy (non-hydrogen) atoms. The highest BCUT2D eigenvalue weighted by molar-refractivity contribution is 9.09. The summed E-state index contributed by atoms with van der Waals surface area (Å²) in [6, 6.07) is 7.02. The average molecular weight is 259 g/mol. The zero-order valence-electron chi connectivity index (χ0n) is 8.63. The molecule has 0 aliphatic rings. The Morgan fingerprint density at radius 3 is 2.43 bits per heavy atom. The lowest BCUT2D eigenvalue weighted by atomic mass is 9.91. The Balaban J connectivity index is 2.72. The van der Waals surface area contributed by atoms with E-state index in [1.165, 1.54) is 6.07 Å². The summed E-state index contributed by atoms with van der Waals surface area (Å²) < 4.78 is 13.3. The Hall–Kier alpha value is -0.370. The average Bonchev–Trinajstić information content (AvgIpc) is 2.16. The molecule has 0 nitrogen and oxygen atoms in total. The van der Waals surface area contributed by atoms with Gasteiger partial charge in [-0.1, -0.05) is 48.0 Å². The van der Waals surface area contributed by atoms with E-state index in [1.807, 2.05) is 12.1 Å².